The van der Waals surface area contributed by atoms with Crippen molar-refractivity contribution in [3.8, 4) is 11.5 Å². The number of hydrogen-bond acceptors (Lipinski definition) is 3. The van der Waals surface area contributed by atoms with E-state index >= 15 is 4.57 Å². The fourth-order valence-corrected chi connectivity index (χ4v) is 8.55. The fraction of sp³-hybridized carbons (Fsp3) is 0.280. The zero-order valence-electron chi connectivity index (χ0n) is 18.0. The molecule has 0 saturated carbocycles. The lowest BCUT2D eigenvalue weighted by atomic mass is 10.2. The van der Waals surface area contributed by atoms with Gasteiger partial charge < -0.3 is 14.1 Å². The van der Waals surface area contributed by atoms with E-state index in [1.54, 1.807) is 7.11 Å². The fourth-order valence-electron chi connectivity index (χ4n) is 4.74. The first-order valence-electron chi connectivity index (χ1n) is 10.9. The zero-order chi connectivity index (χ0) is 22.1. The Balaban J connectivity index is 1.59. The number of rotatable bonds is 6. The summed E-state index contributed by atoms with van der Waals surface area (Å²) in [6.07, 6.45) is 2.11. The number of fused-ring (bicyclic) bond motifs is 1. The summed E-state index contributed by atoms with van der Waals surface area (Å²) in [7, 11) is -1.54. The van der Waals surface area contributed by atoms with Gasteiger partial charge >= 0.3 is 0 Å². The second-order valence-corrected chi connectivity index (χ2v) is 11.6. The van der Waals surface area contributed by atoms with Crippen LogP contribution in [0.4, 0.5) is 5.69 Å². The van der Waals surface area contributed by atoms with Crippen LogP contribution in [0.15, 0.2) is 77.3 Å². The molecule has 32 heavy (non-hydrogen) atoms. The Kier molecular flexibility index (Phi) is 6.02. The maximum absolute atomic E-state index is 15.1. The minimum absolute atomic E-state index is 0.269. The largest absolute Gasteiger partial charge is 0.496 e. The summed E-state index contributed by atoms with van der Waals surface area (Å²) in [6, 6.07) is 24.0. The van der Waals surface area contributed by atoms with Gasteiger partial charge in [-0.2, -0.15) is 0 Å². The summed E-state index contributed by atoms with van der Waals surface area (Å²) in [5.74, 6) is 1.22. The highest BCUT2D eigenvalue weighted by Crippen LogP contribution is 2.64. The standard InChI is InChI=1S/C25H26BrN2O3P/c1-30-23-10-5-11-24(31-18-19-12-14-20(26)15-13-19)25(23)32(29)27-16-6-9-22(27)17-28(32)21-7-3-2-4-8-21/h2-5,7-8,10-15,22H,6,9,16-18H2,1H3/t22-,32?/m1/s1. The summed E-state index contributed by atoms with van der Waals surface area (Å²) in [4.78, 5) is 0. The van der Waals surface area contributed by atoms with Gasteiger partial charge in [0.25, 0.3) is 7.44 Å². The summed E-state index contributed by atoms with van der Waals surface area (Å²) >= 11 is 3.47. The molecule has 2 aliphatic rings. The van der Waals surface area contributed by atoms with Gasteiger partial charge in [0.05, 0.1) is 7.11 Å². The van der Waals surface area contributed by atoms with Crippen molar-refractivity contribution in [2.75, 3.05) is 24.9 Å². The van der Waals surface area contributed by atoms with E-state index in [1.807, 2.05) is 72.8 Å². The number of halogens is 1. The first-order chi connectivity index (χ1) is 15.6. The molecule has 1 unspecified atom stereocenters. The zero-order valence-corrected chi connectivity index (χ0v) is 20.5. The van der Waals surface area contributed by atoms with E-state index in [9.17, 15) is 0 Å². The molecule has 0 spiro atoms. The molecule has 2 heterocycles. The van der Waals surface area contributed by atoms with Crippen molar-refractivity contribution >= 4 is 34.4 Å². The molecule has 3 aromatic carbocycles. The number of benzene rings is 3. The molecule has 2 aliphatic heterocycles. The highest BCUT2D eigenvalue weighted by atomic mass is 79.9. The molecule has 7 heteroatoms. The number of methoxy groups -OCH3 is 1. The normalized spacial score (nSPS) is 22.7. The van der Waals surface area contributed by atoms with E-state index in [0.717, 1.165) is 41.7 Å². The van der Waals surface area contributed by atoms with E-state index < -0.39 is 7.44 Å². The topological polar surface area (TPSA) is 42.0 Å². The molecule has 5 nitrogen and oxygen atoms in total. The maximum Gasteiger partial charge on any atom is 0.276 e. The van der Waals surface area contributed by atoms with Crippen LogP contribution in [0.25, 0.3) is 0 Å². The summed E-state index contributed by atoms with van der Waals surface area (Å²) < 4.78 is 32.5. The highest BCUT2D eigenvalue weighted by Gasteiger charge is 2.54. The third-order valence-electron chi connectivity index (χ3n) is 6.24. The third-order valence-corrected chi connectivity index (χ3v) is 10.1. The molecular weight excluding hydrogens is 487 g/mol. The van der Waals surface area contributed by atoms with Gasteiger partial charge in [0.2, 0.25) is 0 Å². The average molecular weight is 513 g/mol. The van der Waals surface area contributed by atoms with Crippen molar-refractivity contribution in [3.63, 3.8) is 0 Å². The Labute approximate surface area is 197 Å². The minimum Gasteiger partial charge on any atom is -0.496 e. The molecule has 166 valence electrons. The van der Waals surface area contributed by atoms with Gasteiger partial charge in [-0.3, -0.25) is 4.57 Å². The number of para-hydroxylation sites is 1. The second kappa shape index (κ2) is 8.93. The molecule has 3 aromatic rings. The van der Waals surface area contributed by atoms with Crippen molar-refractivity contribution < 1.29 is 14.0 Å². The maximum atomic E-state index is 15.1. The van der Waals surface area contributed by atoms with Gasteiger partial charge in [-0.15, -0.1) is 0 Å². The van der Waals surface area contributed by atoms with E-state index in [-0.39, 0.29) is 6.04 Å². The molecule has 0 aliphatic carbocycles. The minimum atomic E-state index is -3.17. The van der Waals surface area contributed by atoms with Crippen LogP contribution in [0.5, 0.6) is 11.5 Å². The predicted molar refractivity (Wildman–Crippen MR) is 132 cm³/mol. The molecule has 0 aromatic heterocycles. The van der Waals surface area contributed by atoms with Crippen LogP contribution in [0, 0.1) is 0 Å². The van der Waals surface area contributed by atoms with Crippen molar-refractivity contribution in [1.29, 1.82) is 0 Å². The third kappa shape index (κ3) is 3.75. The second-order valence-electron chi connectivity index (χ2n) is 8.14. The van der Waals surface area contributed by atoms with Gasteiger partial charge in [0.15, 0.2) is 0 Å². The molecule has 2 fully saturated rings. The van der Waals surface area contributed by atoms with E-state index in [2.05, 4.69) is 25.3 Å². The van der Waals surface area contributed by atoms with Crippen molar-refractivity contribution in [2.24, 2.45) is 0 Å². The van der Waals surface area contributed by atoms with Crippen LogP contribution < -0.4 is 19.4 Å². The Bertz CT molecular complexity index is 1140. The Morgan fingerprint density at radius 2 is 1.75 bits per heavy atom. The number of ether oxygens (including phenoxy) is 2. The van der Waals surface area contributed by atoms with Crippen molar-refractivity contribution in [2.45, 2.75) is 25.5 Å². The van der Waals surface area contributed by atoms with E-state index in [4.69, 9.17) is 9.47 Å². The lowest BCUT2D eigenvalue weighted by Crippen LogP contribution is -2.29. The number of hydrogen-bond donors (Lipinski definition) is 0. The van der Waals surface area contributed by atoms with Crippen LogP contribution in [0.3, 0.4) is 0 Å². The highest BCUT2D eigenvalue weighted by molar-refractivity contribution is 9.10. The van der Waals surface area contributed by atoms with E-state index in [1.165, 1.54) is 0 Å². The van der Waals surface area contributed by atoms with E-state index in [0.29, 0.717) is 23.4 Å². The summed E-state index contributed by atoms with van der Waals surface area (Å²) in [5, 5.41) is 0.660. The molecule has 0 N–H and O–H groups in total. The summed E-state index contributed by atoms with van der Waals surface area (Å²) in [5.41, 5.74) is 2.01. The van der Waals surface area contributed by atoms with Gasteiger partial charge in [-0.25, -0.2) is 4.67 Å². The smallest absolute Gasteiger partial charge is 0.276 e. The molecule has 2 atom stereocenters. The summed E-state index contributed by atoms with van der Waals surface area (Å²) in [6.45, 7) is 1.95. The Hall–Kier alpha value is -2.27. The van der Waals surface area contributed by atoms with Crippen LogP contribution in [0.2, 0.25) is 0 Å². The van der Waals surface area contributed by atoms with Gasteiger partial charge in [0.1, 0.15) is 23.4 Å². The SMILES string of the molecule is COc1cccc(OCc2ccc(Br)cc2)c1P1(=O)N(c2ccccc2)C[C@H]2CCCN21. The molecule has 0 amide bonds. The lowest BCUT2D eigenvalue weighted by molar-refractivity contribution is 0.306. The molecule has 0 radical (unpaired) electrons. The van der Waals surface area contributed by atoms with Crippen LogP contribution in [-0.2, 0) is 11.2 Å². The van der Waals surface area contributed by atoms with Crippen LogP contribution >= 0.6 is 23.4 Å². The average Bonchev–Trinajstić information content (AvgIpc) is 3.41. The number of anilines is 1. The Morgan fingerprint density at radius 3 is 2.50 bits per heavy atom. The molecule has 0 bridgehead atoms. The van der Waals surface area contributed by atoms with Gasteiger partial charge in [-0.1, -0.05) is 52.3 Å². The van der Waals surface area contributed by atoms with Crippen LogP contribution in [-0.4, -0.2) is 30.9 Å². The van der Waals surface area contributed by atoms with Crippen molar-refractivity contribution in [1.82, 2.24) is 4.67 Å². The van der Waals surface area contributed by atoms with Crippen molar-refractivity contribution in [3.05, 3.63) is 82.8 Å². The first kappa shape index (κ1) is 21.6. The lowest BCUT2D eigenvalue weighted by Gasteiger charge is -2.33. The molecular formula is C25H26BrN2O3P. The molecule has 2 saturated heterocycles. The van der Waals surface area contributed by atoms with Crippen LogP contribution in [0.1, 0.15) is 18.4 Å². The first-order valence-corrected chi connectivity index (χ1v) is 13.3. The quantitative estimate of drug-likeness (QED) is 0.388. The Morgan fingerprint density at radius 1 is 1.00 bits per heavy atom. The molecule has 5 rings (SSSR count). The van der Waals surface area contributed by atoms with Gasteiger partial charge in [-0.05, 0) is 54.8 Å². The predicted octanol–water partition coefficient (Wildman–Crippen LogP) is 5.84. The number of nitrogens with zero attached hydrogens (tertiary/aromatic N) is 2. The monoisotopic (exact) mass is 512 g/mol. The van der Waals surface area contributed by atoms with Gasteiger partial charge in [0, 0.05) is 29.3 Å².